The molecule has 3 rings (SSSR count). The second-order valence-electron chi connectivity index (χ2n) is 5.78. The van der Waals surface area contributed by atoms with E-state index in [0.717, 1.165) is 38.9 Å². The van der Waals surface area contributed by atoms with E-state index >= 15 is 0 Å². The van der Waals surface area contributed by atoms with E-state index < -0.39 is 0 Å². The van der Waals surface area contributed by atoms with Gasteiger partial charge in [0.1, 0.15) is 0 Å². The van der Waals surface area contributed by atoms with Gasteiger partial charge in [-0.15, -0.1) is 0 Å². The van der Waals surface area contributed by atoms with Gasteiger partial charge in [-0.1, -0.05) is 29.8 Å². The average Bonchev–Trinajstić information content (AvgIpc) is 2.46. The van der Waals surface area contributed by atoms with E-state index in [1.54, 1.807) is 0 Å². The Kier molecular flexibility index (Phi) is 4.05. The van der Waals surface area contributed by atoms with Crippen molar-refractivity contribution in [2.45, 2.75) is 20.3 Å². The Morgan fingerprint density at radius 2 is 1.87 bits per heavy atom. The minimum absolute atomic E-state index is 0.223. The molecule has 1 amide bonds. The summed E-state index contributed by atoms with van der Waals surface area (Å²) in [5.41, 5.74) is 11.2. The van der Waals surface area contributed by atoms with Crippen molar-refractivity contribution in [2.75, 3.05) is 0 Å². The number of benzene rings is 2. The molecule has 2 aromatic carbocycles. The number of aromatic nitrogens is 1. The van der Waals surface area contributed by atoms with Gasteiger partial charge in [-0.2, -0.15) is 0 Å². The first kappa shape index (κ1) is 15.5. The summed E-state index contributed by atoms with van der Waals surface area (Å²) in [7, 11) is 0. The Labute approximate surface area is 140 Å². The first-order valence-corrected chi connectivity index (χ1v) is 7.77. The molecule has 1 aromatic heterocycles. The number of amides is 1. The van der Waals surface area contributed by atoms with Crippen LogP contribution in [-0.4, -0.2) is 10.9 Å². The van der Waals surface area contributed by atoms with Gasteiger partial charge in [0.2, 0.25) is 5.91 Å². The second-order valence-corrected chi connectivity index (χ2v) is 6.21. The predicted molar refractivity (Wildman–Crippen MR) is 94.6 cm³/mol. The molecule has 3 aromatic rings. The largest absolute Gasteiger partial charge is 0.369 e. The lowest BCUT2D eigenvalue weighted by Gasteiger charge is -2.10. The van der Waals surface area contributed by atoms with Crippen LogP contribution in [0, 0.1) is 13.8 Å². The Hall–Kier alpha value is -2.39. The molecule has 0 saturated heterocycles. The average molecular weight is 325 g/mol. The zero-order chi connectivity index (χ0) is 16.6. The molecule has 0 fully saturated rings. The highest BCUT2D eigenvalue weighted by atomic mass is 35.5. The van der Waals surface area contributed by atoms with E-state index in [1.807, 2.05) is 43.3 Å². The molecule has 0 aliphatic carbocycles. The number of nitrogens with two attached hydrogens (primary N) is 1. The van der Waals surface area contributed by atoms with Crippen molar-refractivity contribution in [3.8, 4) is 11.3 Å². The molecular formula is C19H17ClN2O. The number of nitrogens with zero attached hydrogens (tertiary/aromatic N) is 1. The van der Waals surface area contributed by atoms with Crippen LogP contribution in [0.15, 0.2) is 42.5 Å². The fraction of sp³-hybridized carbons (Fsp3) is 0.158. The molecular weight excluding hydrogens is 308 g/mol. The number of primary amides is 1. The number of hydrogen-bond donors (Lipinski definition) is 1. The van der Waals surface area contributed by atoms with Crippen LogP contribution in [0.2, 0.25) is 5.02 Å². The van der Waals surface area contributed by atoms with Gasteiger partial charge in [-0.3, -0.25) is 4.79 Å². The maximum absolute atomic E-state index is 11.1. The maximum atomic E-state index is 11.1. The number of carbonyl (C=O) groups excluding carboxylic acids is 1. The molecule has 0 aliphatic heterocycles. The van der Waals surface area contributed by atoms with E-state index in [1.165, 1.54) is 0 Å². The van der Waals surface area contributed by atoms with Crippen LogP contribution in [-0.2, 0) is 11.2 Å². The maximum Gasteiger partial charge on any atom is 0.221 e. The molecule has 0 unspecified atom stereocenters. The van der Waals surface area contributed by atoms with Gasteiger partial charge in [0.05, 0.1) is 17.6 Å². The van der Waals surface area contributed by atoms with Crippen LogP contribution in [0.1, 0.15) is 16.7 Å². The van der Waals surface area contributed by atoms with Crippen molar-refractivity contribution < 1.29 is 4.79 Å². The summed E-state index contributed by atoms with van der Waals surface area (Å²) < 4.78 is 0. The quantitative estimate of drug-likeness (QED) is 0.785. The Bertz CT molecular complexity index is 919. The zero-order valence-electron chi connectivity index (χ0n) is 13.1. The highest BCUT2D eigenvalue weighted by Gasteiger charge is 2.09. The molecule has 1 heterocycles. The van der Waals surface area contributed by atoms with Gasteiger partial charge in [-0.05, 0) is 54.8 Å². The molecule has 4 heteroatoms. The minimum atomic E-state index is -0.342. The lowest BCUT2D eigenvalue weighted by atomic mass is 10.0. The van der Waals surface area contributed by atoms with Crippen molar-refractivity contribution in [2.24, 2.45) is 5.73 Å². The number of rotatable bonds is 3. The summed E-state index contributed by atoms with van der Waals surface area (Å²) in [6, 6.07) is 13.7. The number of fused-ring (bicyclic) bond motifs is 1. The Morgan fingerprint density at radius 1 is 1.09 bits per heavy atom. The molecule has 0 aliphatic rings. The van der Waals surface area contributed by atoms with Gasteiger partial charge in [0.25, 0.3) is 0 Å². The highest BCUT2D eigenvalue weighted by molar-refractivity contribution is 6.30. The van der Waals surface area contributed by atoms with Crippen molar-refractivity contribution >= 4 is 28.4 Å². The molecule has 0 saturated carbocycles. The standard InChI is InChI=1S/C19H17ClN2O/c1-11-7-14(20)4-6-16(11)17-8-12(2)15-5-3-13(10-19(21)23)9-18(15)22-17/h3-9H,10H2,1-2H3,(H2,21,23). The fourth-order valence-electron chi connectivity index (χ4n) is 2.81. The SMILES string of the molecule is Cc1cc(Cl)ccc1-c1cc(C)c2ccc(CC(N)=O)cc2n1. The highest BCUT2D eigenvalue weighted by Crippen LogP contribution is 2.28. The van der Waals surface area contributed by atoms with Gasteiger partial charge in [0, 0.05) is 16.0 Å². The van der Waals surface area contributed by atoms with Crippen LogP contribution in [0.5, 0.6) is 0 Å². The molecule has 0 bridgehead atoms. The fourth-order valence-corrected chi connectivity index (χ4v) is 3.04. The van der Waals surface area contributed by atoms with Crippen LogP contribution in [0.3, 0.4) is 0 Å². The third kappa shape index (κ3) is 3.20. The normalized spacial score (nSPS) is 10.9. The van der Waals surface area contributed by atoms with Crippen molar-refractivity contribution in [1.29, 1.82) is 0 Å². The van der Waals surface area contributed by atoms with Crippen LogP contribution >= 0.6 is 11.6 Å². The summed E-state index contributed by atoms with van der Waals surface area (Å²) in [5, 5.41) is 1.79. The molecule has 23 heavy (non-hydrogen) atoms. The van der Waals surface area contributed by atoms with E-state index in [2.05, 4.69) is 13.0 Å². The molecule has 3 nitrogen and oxygen atoms in total. The summed E-state index contributed by atoms with van der Waals surface area (Å²) in [4.78, 5) is 15.9. The molecule has 2 N–H and O–H groups in total. The number of pyridine rings is 1. The summed E-state index contributed by atoms with van der Waals surface area (Å²) in [6.07, 6.45) is 0.223. The van der Waals surface area contributed by atoms with Crippen LogP contribution in [0.25, 0.3) is 22.2 Å². The van der Waals surface area contributed by atoms with E-state index in [0.29, 0.717) is 5.02 Å². The van der Waals surface area contributed by atoms with E-state index in [-0.39, 0.29) is 12.3 Å². The van der Waals surface area contributed by atoms with Crippen LogP contribution in [0.4, 0.5) is 0 Å². The van der Waals surface area contributed by atoms with Crippen LogP contribution < -0.4 is 5.73 Å². The topological polar surface area (TPSA) is 56.0 Å². The summed E-state index contributed by atoms with van der Waals surface area (Å²) in [5.74, 6) is -0.342. The van der Waals surface area contributed by atoms with E-state index in [4.69, 9.17) is 22.3 Å². The summed E-state index contributed by atoms with van der Waals surface area (Å²) in [6.45, 7) is 4.08. The summed E-state index contributed by atoms with van der Waals surface area (Å²) >= 11 is 6.04. The van der Waals surface area contributed by atoms with Crippen molar-refractivity contribution in [3.63, 3.8) is 0 Å². The Balaban J connectivity index is 2.16. The molecule has 0 spiro atoms. The smallest absolute Gasteiger partial charge is 0.221 e. The van der Waals surface area contributed by atoms with Crippen molar-refractivity contribution in [3.05, 3.63) is 64.2 Å². The van der Waals surface area contributed by atoms with Crippen molar-refractivity contribution in [1.82, 2.24) is 4.98 Å². The monoisotopic (exact) mass is 324 g/mol. The number of halogens is 1. The molecule has 0 radical (unpaired) electrons. The third-order valence-electron chi connectivity index (χ3n) is 3.92. The predicted octanol–water partition coefficient (Wildman–Crippen LogP) is 4.20. The van der Waals surface area contributed by atoms with E-state index in [9.17, 15) is 4.79 Å². The first-order chi connectivity index (χ1) is 10.9. The lowest BCUT2D eigenvalue weighted by Crippen LogP contribution is -2.13. The van der Waals surface area contributed by atoms with Gasteiger partial charge < -0.3 is 5.73 Å². The third-order valence-corrected chi connectivity index (χ3v) is 4.16. The minimum Gasteiger partial charge on any atom is -0.369 e. The number of hydrogen-bond acceptors (Lipinski definition) is 2. The molecule has 0 atom stereocenters. The van der Waals surface area contributed by atoms with Gasteiger partial charge in [-0.25, -0.2) is 4.98 Å². The zero-order valence-corrected chi connectivity index (χ0v) is 13.8. The lowest BCUT2D eigenvalue weighted by molar-refractivity contribution is -0.117. The number of carbonyl (C=O) groups is 1. The second kappa shape index (κ2) is 6.01. The Morgan fingerprint density at radius 3 is 2.57 bits per heavy atom. The number of aryl methyl sites for hydroxylation is 2. The first-order valence-electron chi connectivity index (χ1n) is 7.39. The van der Waals surface area contributed by atoms with Gasteiger partial charge >= 0.3 is 0 Å². The molecule has 116 valence electrons. The van der Waals surface area contributed by atoms with Gasteiger partial charge in [0.15, 0.2) is 0 Å².